The van der Waals surface area contributed by atoms with Gasteiger partial charge in [0.25, 0.3) is 0 Å². The molecule has 114 valence electrons. The summed E-state index contributed by atoms with van der Waals surface area (Å²) in [6.45, 7) is 3.70. The molecule has 2 N–H and O–H groups in total. The Morgan fingerprint density at radius 2 is 2.10 bits per heavy atom. The molecule has 0 unspecified atom stereocenters. The molecule has 0 aromatic carbocycles. The molecule has 0 aromatic rings. The lowest BCUT2D eigenvalue weighted by Gasteiger charge is -2.20. The fourth-order valence-corrected chi connectivity index (χ4v) is 2.55. The van der Waals surface area contributed by atoms with Crippen molar-refractivity contribution in [2.24, 2.45) is 5.92 Å². The number of carbonyl (C=O) groups excluding carboxylic acids is 2. The van der Waals surface area contributed by atoms with Crippen LogP contribution in [-0.2, 0) is 9.59 Å². The SMILES string of the molecule is O=C(CNCC1CC1)NCCCN1CCCCCC1=O. The molecule has 0 bridgehead atoms. The van der Waals surface area contributed by atoms with Crippen molar-refractivity contribution in [1.82, 2.24) is 15.5 Å². The zero-order valence-corrected chi connectivity index (χ0v) is 12.3. The van der Waals surface area contributed by atoms with Gasteiger partial charge in [0.05, 0.1) is 6.54 Å². The fraction of sp³-hybridized carbons (Fsp3) is 0.867. The van der Waals surface area contributed by atoms with Crippen molar-refractivity contribution in [3.8, 4) is 0 Å². The first-order valence-corrected chi connectivity index (χ1v) is 8.01. The summed E-state index contributed by atoms with van der Waals surface area (Å²) >= 11 is 0. The van der Waals surface area contributed by atoms with Crippen LogP contribution in [-0.4, -0.2) is 49.4 Å². The van der Waals surface area contributed by atoms with Gasteiger partial charge in [-0.05, 0) is 44.6 Å². The lowest BCUT2D eigenvalue weighted by Crippen LogP contribution is -2.37. The monoisotopic (exact) mass is 281 g/mol. The van der Waals surface area contributed by atoms with E-state index in [0.29, 0.717) is 19.5 Å². The molecule has 0 radical (unpaired) electrons. The molecular weight excluding hydrogens is 254 g/mol. The molecule has 5 heteroatoms. The molecular formula is C15H27N3O2. The molecule has 1 aliphatic carbocycles. The number of nitrogens with one attached hydrogen (secondary N) is 2. The Balaban J connectivity index is 1.49. The summed E-state index contributed by atoms with van der Waals surface area (Å²) in [5.41, 5.74) is 0. The first-order valence-electron chi connectivity index (χ1n) is 8.01. The van der Waals surface area contributed by atoms with Crippen LogP contribution >= 0.6 is 0 Å². The van der Waals surface area contributed by atoms with Gasteiger partial charge in [-0.25, -0.2) is 0 Å². The lowest BCUT2D eigenvalue weighted by molar-refractivity contribution is -0.130. The maximum Gasteiger partial charge on any atom is 0.233 e. The van der Waals surface area contributed by atoms with Gasteiger partial charge in [0.1, 0.15) is 0 Å². The van der Waals surface area contributed by atoms with Crippen LogP contribution in [0, 0.1) is 5.92 Å². The van der Waals surface area contributed by atoms with Gasteiger partial charge >= 0.3 is 0 Å². The zero-order valence-electron chi connectivity index (χ0n) is 12.3. The van der Waals surface area contributed by atoms with Crippen LogP contribution in [0.5, 0.6) is 0 Å². The highest BCUT2D eigenvalue weighted by Gasteiger charge is 2.20. The van der Waals surface area contributed by atoms with Crippen LogP contribution in [0.25, 0.3) is 0 Å². The van der Waals surface area contributed by atoms with Gasteiger partial charge in [-0.2, -0.15) is 0 Å². The Morgan fingerprint density at radius 3 is 2.90 bits per heavy atom. The molecule has 2 amide bonds. The van der Waals surface area contributed by atoms with Gasteiger partial charge in [0.15, 0.2) is 0 Å². The summed E-state index contributed by atoms with van der Waals surface area (Å²) in [6.07, 6.45) is 7.45. The van der Waals surface area contributed by atoms with E-state index in [2.05, 4.69) is 10.6 Å². The highest BCUT2D eigenvalue weighted by Crippen LogP contribution is 2.27. The molecule has 5 nitrogen and oxygen atoms in total. The van der Waals surface area contributed by atoms with Crippen LogP contribution < -0.4 is 10.6 Å². The van der Waals surface area contributed by atoms with E-state index in [9.17, 15) is 9.59 Å². The Kier molecular flexibility index (Phi) is 6.30. The summed E-state index contributed by atoms with van der Waals surface area (Å²) in [4.78, 5) is 25.3. The molecule has 2 fully saturated rings. The summed E-state index contributed by atoms with van der Waals surface area (Å²) in [6, 6.07) is 0. The van der Waals surface area contributed by atoms with Crippen molar-refractivity contribution in [3.05, 3.63) is 0 Å². The van der Waals surface area contributed by atoms with E-state index in [1.54, 1.807) is 0 Å². The second kappa shape index (κ2) is 8.25. The van der Waals surface area contributed by atoms with Crippen LogP contribution in [0.2, 0.25) is 0 Å². The van der Waals surface area contributed by atoms with Crippen LogP contribution in [0.3, 0.4) is 0 Å². The molecule has 20 heavy (non-hydrogen) atoms. The Hall–Kier alpha value is -1.10. The van der Waals surface area contributed by atoms with E-state index in [0.717, 1.165) is 51.2 Å². The van der Waals surface area contributed by atoms with E-state index in [4.69, 9.17) is 0 Å². The van der Waals surface area contributed by atoms with Crippen molar-refractivity contribution in [2.75, 3.05) is 32.7 Å². The summed E-state index contributed by atoms with van der Waals surface area (Å²) in [7, 11) is 0. The number of nitrogens with zero attached hydrogens (tertiary/aromatic N) is 1. The molecule has 1 saturated heterocycles. The standard InChI is InChI=1S/C15H27N3O2/c19-14(12-16-11-13-6-7-13)17-8-4-10-18-9-3-1-2-5-15(18)20/h13,16H,1-12H2,(H,17,19). The quantitative estimate of drug-likeness (QED) is 0.650. The van der Waals surface area contributed by atoms with Gasteiger partial charge < -0.3 is 15.5 Å². The molecule has 1 saturated carbocycles. The van der Waals surface area contributed by atoms with Crippen molar-refractivity contribution >= 4 is 11.8 Å². The predicted molar refractivity (Wildman–Crippen MR) is 78.3 cm³/mol. The topological polar surface area (TPSA) is 61.4 Å². The average molecular weight is 281 g/mol. The van der Waals surface area contributed by atoms with E-state index in [1.165, 1.54) is 12.8 Å². The third-order valence-corrected chi connectivity index (χ3v) is 4.01. The van der Waals surface area contributed by atoms with Crippen LogP contribution in [0.15, 0.2) is 0 Å². The number of likely N-dealkylation sites (tertiary alicyclic amines) is 1. The number of amides is 2. The Bertz CT molecular complexity index is 329. The van der Waals surface area contributed by atoms with Gasteiger partial charge in [0.2, 0.25) is 11.8 Å². The van der Waals surface area contributed by atoms with Crippen LogP contribution in [0.1, 0.15) is 44.9 Å². The Labute approximate surface area is 121 Å². The smallest absolute Gasteiger partial charge is 0.233 e. The normalized spacial score (nSPS) is 19.8. The fourth-order valence-electron chi connectivity index (χ4n) is 2.55. The second-order valence-corrected chi connectivity index (χ2v) is 5.97. The van der Waals surface area contributed by atoms with E-state index in [-0.39, 0.29) is 11.8 Å². The molecule has 0 spiro atoms. The molecule has 2 rings (SSSR count). The summed E-state index contributed by atoms with van der Waals surface area (Å²) in [5.74, 6) is 1.14. The first-order chi connectivity index (χ1) is 9.75. The van der Waals surface area contributed by atoms with Gasteiger partial charge in [-0.15, -0.1) is 0 Å². The lowest BCUT2D eigenvalue weighted by atomic mass is 10.2. The highest BCUT2D eigenvalue weighted by molar-refractivity contribution is 5.78. The summed E-state index contributed by atoms with van der Waals surface area (Å²) in [5, 5.41) is 6.08. The van der Waals surface area contributed by atoms with Gasteiger partial charge in [0, 0.05) is 26.1 Å². The number of rotatable bonds is 8. The number of hydrogen-bond acceptors (Lipinski definition) is 3. The molecule has 2 aliphatic rings. The Morgan fingerprint density at radius 1 is 1.25 bits per heavy atom. The van der Waals surface area contributed by atoms with E-state index >= 15 is 0 Å². The van der Waals surface area contributed by atoms with Crippen molar-refractivity contribution in [1.29, 1.82) is 0 Å². The molecule has 0 aromatic heterocycles. The van der Waals surface area contributed by atoms with Crippen molar-refractivity contribution in [2.45, 2.75) is 44.9 Å². The maximum atomic E-state index is 11.8. The van der Waals surface area contributed by atoms with E-state index in [1.807, 2.05) is 4.90 Å². The number of carbonyl (C=O) groups is 2. The minimum Gasteiger partial charge on any atom is -0.355 e. The van der Waals surface area contributed by atoms with Gasteiger partial charge in [-0.3, -0.25) is 9.59 Å². The minimum absolute atomic E-state index is 0.0628. The first kappa shape index (κ1) is 15.3. The largest absolute Gasteiger partial charge is 0.355 e. The van der Waals surface area contributed by atoms with E-state index < -0.39 is 0 Å². The second-order valence-electron chi connectivity index (χ2n) is 5.97. The zero-order chi connectivity index (χ0) is 14.2. The molecule has 0 atom stereocenters. The minimum atomic E-state index is 0.0628. The predicted octanol–water partition coefficient (Wildman–Crippen LogP) is 0.895. The third-order valence-electron chi connectivity index (χ3n) is 4.01. The van der Waals surface area contributed by atoms with Crippen molar-refractivity contribution in [3.63, 3.8) is 0 Å². The highest BCUT2D eigenvalue weighted by atomic mass is 16.2. The van der Waals surface area contributed by atoms with Crippen molar-refractivity contribution < 1.29 is 9.59 Å². The molecule has 1 aliphatic heterocycles. The van der Waals surface area contributed by atoms with Gasteiger partial charge in [-0.1, -0.05) is 6.42 Å². The van der Waals surface area contributed by atoms with Crippen LogP contribution in [0.4, 0.5) is 0 Å². The average Bonchev–Trinajstić information content (AvgIpc) is 3.25. The third kappa shape index (κ3) is 5.90. The summed E-state index contributed by atoms with van der Waals surface area (Å²) < 4.78 is 0. The molecule has 1 heterocycles. The number of hydrogen-bond donors (Lipinski definition) is 2. The maximum absolute atomic E-state index is 11.8.